The average Bonchev–Trinajstić information content (AvgIpc) is 3.21. The normalized spacial score (nSPS) is 20.4. The zero-order chi connectivity index (χ0) is 20.5. The van der Waals surface area contributed by atoms with E-state index in [1.807, 2.05) is 7.05 Å². The molecule has 0 aromatic heterocycles. The van der Waals surface area contributed by atoms with E-state index in [0.29, 0.717) is 18.9 Å². The monoisotopic (exact) mass is 418 g/mol. The number of carbonyl (C=O) groups is 1. The number of amides is 1. The minimum absolute atomic E-state index is 0.0445. The Morgan fingerprint density at radius 3 is 2.29 bits per heavy atom. The van der Waals surface area contributed by atoms with Crippen molar-refractivity contribution in [3.05, 3.63) is 29.8 Å². The molecule has 2 aliphatic rings. The fourth-order valence-corrected chi connectivity index (χ4v) is 5.60. The lowest BCUT2D eigenvalue weighted by Gasteiger charge is -2.34. The van der Waals surface area contributed by atoms with E-state index >= 15 is 0 Å². The first-order valence-corrected chi connectivity index (χ1v) is 11.0. The maximum absolute atomic E-state index is 12.9. The lowest BCUT2D eigenvalue weighted by Crippen LogP contribution is -2.45. The third-order valence-corrected chi connectivity index (χ3v) is 7.72. The molecule has 3 rings (SSSR count). The second-order valence-corrected chi connectivity index (χ2v) is 9.53. The van der Waals surface area contributed by atoms with Crippen molar-refractivity contribution in [2.75, 3.05) is 20.1 Å². The van der Waals surface area contributed by atoms with Crippen LogP contribution in [0.15, 0.2) is 29.2 Å². The van der Waals surface area contributed by atoms with Gasteiger partial charge in [0.15, 0.2) is 0 Å². The van der Waals surface area contributed by atoms with E-state index in [0.717, 1.165) is 37.8 Å². The summed E-state index contributed by atoms with van der Waals surface area (Å²) >= 11 is 0. The number of sulfonamides is 1. The van der Waals surface area contributed by atoms with Gasteiger partial charge in [-0.15, -0.1) is 0 Å². The van der Waals surface area contributed by atoms with Crippen LogP contribution in [0.2, 0.25) is 0 Å². The first-order chi connectivity index (χ1) is 13.1. The van der Waals surface area contributed by atoms with Crippen LogP contribution in [0.1, 0.15) is 44.1 Å². The highest BCUT2D eigenvalue weighted by molar-refractivity contribution is 7.89. The lowest BCUT2D eigenvalue weighted by atomic mass is 9.96. The molecule has 156 valence electrons. The van der Waals surface area contributed by atoms with E-state index in [9.17, 15) is 26.4 Å². The Morgan fingerprint density at radius 2 is 1.71 bits per heavy atom. The summed E-state index contributed by atoms with van der Waals surface area (Å²) in [7, 11) is -2.21. The van der Waals surface area contributed by atoms with Gasteiger partial charge in [-0.2, -0.15) is 17.5 Å². The molecule has 0 unspecified atom stereocenters. The lowest BCUT2D eigenvalue weighted by molar-refractivity contribution is -0.138. The van der Waals surface area contributed by atoms with Crippen molar-refractivity contribution in [1.82, 2.24) is 9.21 Å². The van der Waals surface area contributed by atoms with Gasteiger partial charge in [0.1, 0.15) is 0 Å². The molecule has 0 bridgehead atoms. The number of nitrogens with zero attached hydrogens (tertiary/aromatic N) is 2. The molecule has 1 heterocycles. The summed E-state index contributed by atoms with van der Waals surface area (Å²) in [6.45, 7) is 0.265. The molecule has 1 aliphatic heterocycles. The first kappa shape index (κ1) is 21.1. The van der Waals surface area contributed by atoms with E-state index in [1.165, 1.54) is 10.4 Å². The number of carbonyl (C=O) groups excluding carboxylic acids is 1. The summed E-state index contributed by atoms with van der Waals surface area (Å²) < 4.78 is 65.4. The number of hydrogen-bond donors (Lipinski definition) is 0. The Labute approximate surface area is 163 Å². The van der Waals surface area contributed by atoms with Gasteiger partial charge in [0, 0.05) is 32.1 Å². The maximum Gasteiger partial charge on any atom is 0.416 e. The van der Waals surface area contributed by atoms with E-state index < -0.39 is 21.8 Å². The van der Waals surface area contributed by atoms with Crippen LogP contribution in [-0.2, 0) is 21.0 Å². The van der Waals surface area contributed by atoms with Crippen LogP contribution < -0.4 is 0 Å². The van der Waals surface area contributed by atoms with E-state index in [2.05, 4.69) is 0 Å². The van der Waals surface area contributed by atoms with E-state index in [4.69, 9.17) is 0 Å². The molecule has 0 radical (unpaired) electrons. The highest BCUT2D eigenvalue weighted by atomic mass is 32.2. The molecule has 9 heteroatoms. The number of benzene rings is 1. The molecule has 2 fully saturated rings. The predicted molar refractivity (Wildman–Crippen MR) is 98.0 cm³/mol. The van der Waals surface area contributed by atoms with Crippen molar-refractivity contribution in [3.8, 4) is 0 Å². The highest BCUT2D eigenvalue weighted by Crippen LogP contribution is 2.32. The Balaban J connectivity index is 1.66. The second-order valence-electron chi connectivity index (χ2n) is 7.59. The molecule has 0 spiro atoms. The van der Waals surface area contributed by atoms with Crippen LogP contribution in [0.4, 0.5) is 13.2 Å². The van der Waals surface area contributed by atoms with Crippen LogP contribution >= 0.6 is 0 Å². The molecular formula is C19H25F3N2O3S. The summed E-state index contributed by atoms with van der Waals surface area (Å²) in [5.41, 5.74) is -0.989. The van der Waals surface area contributed by atoms with Crippen molar-refractivity contribution < 1.29 is 26.4 Å². The molecule has 1 saturated carbocycles. The van der Waals surface area contributed by atoms with Gasteiger partial charge in [-0.1, -0.05) is 18.9 Å². The molecule has 1 amide bonds. The molecule has 1 aromatic carbocycles. The summed E-state index contributed by atoms with van der Waals surface area (Å²) in [5.74, 6) is -0.193. The molecule has 28 heavy (non-hydrogen) atoms. The molecular weight excluding hydrogens is 393 g/mol. The van der Waals surface area contributed by atoms with Crippen LogP contribution in [0.25, 0.3) is 0 Å². The number of halogens is 3. The number of alkyl halides is 3. The van der Waals surface area contributed by atoms with Crippen molar-refractivity contribution in [2.24, 2.45) is 5.92 Å². The van der Waals surface area contributed by atoms with Gasteiger partial charge < -0.3 is 4.90 Å². The Kier molecular flexibility index (Phi) is 6.05. The zero-order valence-electron chi connectivity index (χ0n) is 15.8. The van der Waals surface area contributed by atoms with E-state index in [1.54, 1.807) is 4.90 Å². The van der Waals surface area contributed by atoms with Crippen LogP contribution in [0, 0.1) is 5.92 Å². The predicted octanol–water partition coefficient (Wildman–Crippen LogP) is 3.51. The van der Waals surface area contributed by atoms with Crippen LogP contribution in [0.5, 0.6) is 0 Å². The minimum atomic E-state index is -4.60. The number of piperidine rings is 1. The minimum Gasteiger partial charge on any atom is -0.343 e. The topological polar surface area (TPSA) is 57.7 Å². The van der Waals surface area contributed by atoms with Crippen LogP contribution in [-0.4, -0.2) is 49.7 Å². The summed E-state index contributed by atoms with van der Waals surface area (Å²) in [5, 5.41) is 0. The smallest absolute Gasteiger partial charge is 0.343 e. The molecule has 1 aromatic rings. The second kappa shape index (κ2) is 8.02. The Hall–Kier alpha value is -1.61. The number of rotatable bonds is 4. The largest absolute Gasteiger partial charge is 0.416 e. The maximum atomic E-state index is 12.9. The van der Waals surface area contributed by atoms with Gasteiger partial charge in [0.25, 0.3) is 0 Å². The quantitative estimate of drug-likeness (QED) is 0.752. The van der Waals surface area contributed by atoms with Gasteiger partial charge in [-0.25, -0.2) is 8.42 Å². The SMILES string of the molecule is CN(C(=O)C1CCN(S(=O)(=O)c2cccc(C(F)(F)F)c2)CC1)C1CCCC1. The van der Waals surface area contributed by atoms with E-state index in [-0.39, 0.29) is 35.9 Å². The summed E-state index contributed by atoms with van der Waals surface area (Å²) in [6.07, 6.45) is 0.417. The van der Waals surface area contributed by atoms with Gasteiger partial charge in [0.05, 0.1) is 10.5 Å². The standard InChI is InChI=1S/C19H25F3N2O3S/c1-23(16-6-2-3-7-16)18(25)14-9-11-24(12-10-14)28(26,27)17-8-4-5-15(13-17)19(20,21)22/h4-5,8,13-14,16H,2-3,6-7,9-12H2,1H3. The van der Waals surface area contributed by atoms with Gasteiger partial charge in [-0.05, 0) is 43.9 Å². The molecule has 1 aliphatic carbocycles. The average molecular weight is 418 g/mol. The third-order valence-electron chi connectivity index (χ3n) is 5.82. The third kappa shape index (κ3) is 4.35. The summed E-state index contributed by atoms with van der Waals surface area (Å²) in [6, 6.07) is 4.06. The molecule has 0 atom stereocenters. The molecule has 5 nitrogen and oxygen atoms in total. The van der Waals surface area contributed by atoms with Gasteiger partial charge in [0.2, 0.25) is 15.9 Å². The van der Waals surface area contributed by atoms with Crippen molar-refractivity contribution in [3.63, 3.8) is 0 Å². The highest BCUT2D eigenvalue weighted by Gasteiger charge is 2.36. The van der Waals surface area contributed by atoms with Gasteiger partial charge >= 0.3 is 6.18 Å². The number of hydrogen-bond acceptors (Lipinski definition) is 3. The molecule has 0 N–H and O–H groups in total. The van der Waals surface area contributed by atoms with Crippen molar-refractivity contribution in [1.29, 1.82) is 0 Å². The fourth-order valence-electron chi connectivity index (χ4n) is 4.08. The van der Waals surface area contributed by atoms with Crippen LogP contribution in [0.3, 0.4) is 0 Å². The Bertz CT molecular complexity index is 812. The zero-order valence-corrected chi connectivity index (χ0v) is 16.6. The Morgan fingerprint density at radius 1 is 1.11 bits per heavy atom. The summed E-state index contributed by atoms with van der Waals surface area (Å²) in [4.78, 5) is 14.1. The van der Waals surface area contributed by atoms with Crippen molar-refractivity contribution in [2.45, 2.75) is 55.6 Å². The first-order valence-electron chi connectivity index (χ1n) is 9.55. The van der Waals surface area contributed by atoms with Crippen molar-refractivity contribution >= 4 is 15.9 Å². The fraction of sp³-hybridized carbons (Fsp3) is 0.632. The molecule has 1 saturated heterocycles. The van der Waals surface area contributed by atoms with Gasteiger partial charge in [-0.3, -0.25) is 4.79 Å².